The van der Waals surface area contributed by atoms with Gasteiger partial charge in [0, 0.05) is 48.4 Å². The van der Waals surface area contributed by atoms with E-state index in [9.17, 15) is 13.7 Å². The summed E-state index contributed by atoms with van der Waals surface area (Å²) in [5, 5.41) is 17.7. The third kappa shape index (κ3) is 6.97. The lowest BCUT2D eigenvalue weighted by molar-refractivity contribution is 0.00791. The molecule has 8 nitrogen and oxygen atoms in total. The van der Waals surface area contributed by atoms with Crippen LogP contribution in [0.15, 0.2) is 41.3 Å². The molecule has 1 saturated carbocycles. The molecule has 1 saturated heterocycles. The molecule has 3 aromatic rings. The Morgan fingerprint density at radius 3 is 2.61 bits per heavy atom. The number of thiophene rings is 1. The predicted molar refractivity (Wildman–Crippen MR) is 165 cm³/mol. The van der Waals surface area contributed by atoms with Gasteiger partial charge in [0.15, 0.2) is 9.84 Å². The number of nitrogens with zero attached hydrogens (tertiary/aromatic N) is 2. The van der Waals surface area contributed by atoms with Crippen LogP contribution in [0.4, 0.5) is 11.4 Å². The second kappa shape index (κ2) is 13.1. The van der Waals surface area contributed by atoms with E-state index in [1.807, 2.05) is 0 Å². The van der Waals surface area contributed by atoms with Gasteiger partial charge in [-0.15, -0.1) is 11.3 Å². The summed E-state index contributed by atoms with van der Waals surface area (Å²) in [6, 6.07) is 14.4. The van der Waals surface area contributed by atoms with Gasteiger partial charge in [0.1, 0.15) is 5.75 Å². The zero-order valence-corrected chi connectivity index (χ0v) is 25.2. The Labute approximate surface area is 246 Å². The highest BCUT2D eigenvalue weighted by Gasteiger charge is 2.27. The highest BCUT2D eigenvalue weighted by atomic mass is 32.2. The van der Waals surface area contributed by atoms with Crippen molar-refractivity contribution in [3.63, 3.8) is 0 Å². The minimum Gasteiger partial charge on any atom is -0.495 e. The van der Waals surface area contributed by atoms with Crippen LogP contribution in [0, 0.1) is 23.2 Å². The zero-order valence-electron chi connectivity index (χ0n) is 23.5. The average Bonchev–Trinajstić information content (AvgIpc) is 3.34. The van der Waals surface area contributed by atoms with Crippen molar-refractivity contribution < 1.29 is 17.9 Å². The molecule has 5 rings (SSSR count). The summed E-state index contributed by atoms with van der Waals surface area (Å²) in [7, 11) is -1.82. The maximum atomic E-state index is 11.9. The summed E-state index contributed by atoms with van der Waals surface area (Å²) in [5.74, 6) is 6.89. The van der Waals surface area contributed by atoms with E-state index in [-0.39, 0.29) is 4.90 Å². The molecule has 0 spiro atoms. The van der Waals surface area contributed by atoms with Gasteiger partial charge in [-0.1, -0.05) is 24.0 Å². The van der Waals surface area contributed by atoms with Crippen LogP contribution in [0.2, 0.25) is 0 Å². The monoisotopic (exact) mass is 592 g/mol. The number of fused-ring (bicyclic) bond motifs is 1. The fourth-order valence-corrected chi connectivity index (χ4v) is 7.51. The van der Waals surface area contributed by atoms with Gasteiger partial charge in [-0.25, -0.2) is 8.42 Å². The summed E-state index contributed by atoms with van der Waals surface area (Å²) >= 11 is 1.63. The normalized spacial score (nSPS) is 19.6. The first-order valence-corrected chi connectivity index (χ1v) is 16.7. The number of hydrogen-bond acceptors (Lipinski definition) is 9. The van der Waals surface area contributed by atoms with Crippen molar-refractivity contribution in [2.24, 2.45) is 0 Å². The maximum Gasteiger partial charge on any atom is 0.175 e. The van der Waals surface area contributed by atoms with Gasteiger partial charge in [0.25, 0.3) is 0 Å². The number of nitriles is 1. The van der Waals surface area contributed by atoms with E-state index in [4.69, 9.17) is 9.47 Å². The molecule has 2 N–H and O–H groups in total. The Balaban J connectivity index is 1.29. The Bertz CT molecular complexity index is 1590. The molecule has 2 heterocycles. The first-order valence-electron chi connectivity index (χ1n) is 14.0. The number of morpholine rings is 1. The molecule has 1 aliphatic carbocycles. The van der Waals surface area contributed by atoms with Crippen LogP contribution in [0.5, 0.6) is 5.75 Å². The van der Waals surface area contributed by atoms with Gasteiger partial charge in [-0.3, -0.25) is 4.90 Å². The molecular weight excluding hydrogens is 556 g/mol. The van der Waals surface area contributed by atoms with E-state index in [0.29, 0.717) is 36.5 Å². The first kappa shape index (κ1) is 29.2. The van der Waals surface area contributed by atoms with Crippen LogP contribution >= 0.6 is 11.3 Å². The lowest BCUT2D eigenvalue weighted by Gasteiger charge is -2.39. The summed E-state index contributed by atoms with van der Waals surface area (Å²) in [6.07, 6.45) is 6.14. The number of ether oxygens (including phenoxy) is 2. The summed E-state index contributed by atoms with van der Waals surface area (Å²) in [6.45, 7) is 4.12. The quantitative estimate of drug-likeness (QED) is 0.356. The Hall–Kier alpha value is -3.28. The van der Waals surface area contributed by atoms with Gasteiger partial charge >= 0.3 is 0 Å². The number of nitrogens with one attached hydrogen (secondary N) is 2. The molecule has 41 heavy (non-hydrogen) atoms. The van der Waals surface area contributed by atoms with Gasteiger partial charge in [0.05, 0.1) is 65.2 Å². The second-order valence-electron chi connectivity index (χ2n) is 10.5. The van der Waals surface area contributed by atoms with Gasteiger partial charge in [0.2, 0.25) is 0 Å². The summed E-state index contributed by atoms with van der Waals surface area (Å²) in [5.41, 5.74) is 2.75. The van der Waals surface area contributed by atoms with Gasteiger partial charge in [-0.2, -0.15) is 5.26 Å². The molecule has 0 bridgehead atoms. The zero-order chi connectivity index (χ0) is 28.8. The van der Waals surface area contributed by atoms with Crippen LogP contribution in [0.1, 0.15) is 36.1 Å². The highest BCUT2D eigenvalue weighted by molar-refractivity contribution is 7.90. The largest absolute Gasteiger partial charge is 0.495 e. The van der Waals surface area contributed by atoms with Crippen molar-refractivity contribution in [2.75, 3.05) is 56.8 Å². The lowest BCUT2D eigenvalue weighted by atomic mass is 9.89. The lowest BCUT2D eigenvalue weighted by Crippen LogP contribution is -2.46. The first-order chi connectivity index (χ1) is 19.9. The van der Waals surface area contributed by atoms with Gasteiger partial charge in [-0.05, 0) is 43.9 Å². The van der Waals surface area contributed by atoms with E-state index in [1.54, 1.807) is 23.5 Å². The maximum absolute atomic E-state index is 11.9. The highest BCUT2D eigenvalue weighted by Crippen LogP contribution is 2.38. The number of rotatable bonds is 8. The minimum absolute atomic E-state index is 0.201. The average molecular weight is 593 g/mol. The molecule has 1 aliphatic heterocycles. The molecule has 216 valence electrons. The Morgan fingerprint density at radius 1 is 1.12 bits per heavy atom. The Kier molecular flexibility index (Phi) is 9.36. The van der Waals surface area contributed by atoms with E-state index in [2.05, 4.69) is 51.6 Å². The number of hydrogen-bond donors (Lipinski definition) is 2. The van der Waals surface area contributed by atoms with Crippen LogP contribution in [0.3, 0.4) is 0 Å². The third-order valence-electron chi connectivity index (χ3n) is 7.86. The molecule has 0 radical (unpaired) electrons. The molecule has 2 aliphatic rings. The number of benzene rings is 2. The van der Waals surface area contributed by atoms with Crippen molar-refractivity contribution in [3.05, 3.63) is 46.8 Å². The van der Waals surface area contributed by atoms with Crippen molar-refractivity contribution in [1.29, 1.82) is 5.26 Å². The summed E-state index contributed by atoms with van der Waals surface area (Å²) in [4.78, 5) is 3.69. The number of anilines is 2. The third-order valence-corrected chi connectivity index (χ3v) is 10.2. The predicted octanol–water partition coefficient (Wildman–Crippen LogP) is 4.90. The van der Waals surface area contributed by atoms with Crippen LogP contribution < -0.4 is 15.4 Å². The smallest absolute Gasteiger partial charge is 0.175 e. The van der Waals surface area contributed by atoms with Gasteiger partial charge < -0.3 is 20.1 Å². The van der Waals surface area contributed by atoms with Crippen molar-refractivity contribution >= 4 is 42.6 Å². The molecular formula is C31H36N4O4S2. The van der Waals surface area contributed by atoms with Crippen molar-refractivity contribution in [1.82, 2.24) is 4.90 Å². The SMILES string of the molecule is COc1cc(S(C)(=O)=O)ccc1NCC#Cc1sc2c(NC3CCC(N4CCOCC4)CC3)cccc2c1CC#N. The van der Waals surface area contributed by atoms with Crippen LogP contribution in [0.25, 0.3) is 10.1 Å². The second-order valence-corrected chi connectivity index (χ2v) is 13.6. The van der Waals surface area contributed by atoms with Crippen LogP contribution in [-0.4, -0.2) is 71.6 Å². The molecule has 0 atom stereocenters. The molecule has 2 fully saturated rings. The molecule has 0 amide bonds. The topological polar surface area (TPSA) is 104 Å². The van der Waals surface area contributed by atoms with E-state index < -0.39 is 9.84 Å². The Morgan fingerprint density at radius 2 is 1.90 bits per heavy atom. The standard InChI is InChI=1S/C31H36N4O4S2/c1-38-29-21-24(41(2,36)37)12-13-27(29)33-16-4-7-30-25(14-15-32)26-5-3-6-28(31(26)40-30)34-22-8-10-23(11-9-22)35-17-19-39-20-18-35/h3,5-6,12-13,21-23,33-34H,8-11,14,16-20H2,1-2H3. The van der Waals surface area contributed by atoms with Crippen molar-refractivity contribution in [3.8, 4) is 23.7 Å². The van der Waals surface area contributed by atoms with E-state index in [0.717, 1.165) is 65.4 Å². The summed E-state index contributed by atoms with van der Waals surface area (Å²) < 4.78 is 35.8. The number of sulfone groups is 1. The number of methoxy groups -OCH3 is 1. The molecule has 1 aromatic heterocycles. The molecule has 10 heteroatoms. The molecule has 2 aromatic carbocycles. The fraction of sp³-hybridized carbons (Fsp3) is 0.452. The van der Waals surface area contributed by atoms with E-state index >= 15 is 0 Å². The molecule has 0 unspecified atom stereocenters. The fourth-order valence-electron chi connectivity index (χ4n) is 5.70. The van der Waals surface area contributed by atoms with Crippen molar-refractivity contribution in [2.45, 2.75) is 49.1 Å². The van der Waals surface area contributed by atoms with E-state index in [1.165, 1.54) is 32.3 Å². The van der Waals surface area contributed by atoms with Crippen LogP contribution in [-0.2, 0) is 21.0 Å². The minimum atomic E-state index is -3.33.